The van der Waals surface area contributed by atoms with E-state index in [2.05, 4.69) is 35.9 Å². The van der Waals surface area contributed by atoms with Crippen molar-refractivity contribution in [1.82, 2.24) is 35.2 Å². The van der Waals surface area contributed by atoms with Crippen LogP contribution in [0.25, 0.3) is 11.0 Å². The van der Waals surface area contributed by atoms with E-state index in [9.17, 15) is 9.70 Å². The number of nitrogens with two attached hydrogens (primary N) is 2. The number of aryl methyl sites for hydroxylation is 3. The first-order valence-electron chi connectivity index (χ1n) is 10.3. The highest BCUT2D eigenvalue weighted by atomic mass is 16.5. The first kappa shape index (κ1) is 23.9. The Morgan fingerprint density at radius 2 is 2.06 bits per heavy atom. The fourth-order valence-corrected chi connectivity index (χ4v) is 3.34. The van der Waals surface area contributed by atoms with Crippen molar-refractivity contribution in [3.05, 3.63) is 50.0 Å². The molecule has 5 N–H and O–H groups in total. The van der Waals surface area contributed by atoms with Gasteiger partial charge in [0.2, 0.25) is 0 Å². The second kappa shape index (κ2) is 10.7. The zero-order valence-electron chi connectivity index (χ0n) is 18.7. The van der Waals surface area contributed by atoms with Gasteiger partial charge >= 0.3 is 0 Å². The molecule has 0 aliphatic carbocycles. The van der Waals surface area contributed by atoms with E-state index < -0.39 is 11.6 Å². The molecule has 1 atom stereocenters. The Hall–Kier alpha value is -3.78. The SMILES string of the molecule is Cc1cc2nc(/C(=N/N)N(C)N)c(=O)n(CCC(CCOCc3nn[nH]n3)N=O)c2cc1C. The minimum atomic E-state index is -0.555. The maximum atomic E-state index is 13.3. The third-order valence-electron chi connectivity index (χ3n) is 5.28. The van der Waals surface area contributed by atoms with Crippen LogP contribution < -0.4 is 17.2 Å². The highest BCUT2D eigenvalue weighted by Crippen LogP contribution is 2.18. The molecule has 1 aromatic carbocycles. The van der Waals surface area contributed by atoms with Crippen LogP contribution in [0.4, 0.5) is 0 Å². The lowest BCUT2D eigenvalue weighted by Gasteiger charge is -2.18. The van der Waals surface area contributed by atoms with Crippen molar-refractivity contribution in [3.63, 3.8) is 0 Å². The van der Waals surface area contributed by atoms with E-state index in [1.807, 2.05) is 26.0 Å². The van der Waals surface area contributed by atoms with Crippen LogP contribution in [0.3, 0.4) is 0 Å². The fourth-order valence-electron chi connectivity index (χ4n) is 3.34. The van der Waals surface area contributed by atoms with Gasteiger partial charge in [-0.15, -0.1) is 10.2 Å². The molecular formula is C19H27N11O3. The average molecular weight is 457 g/mol. The summed E-state index contributed by atoms with van der Waals surface area (Å²) in [4.78, 5) is 29.2. The Morgan fingerprint density at radius 1 is 1.30 bits per heavy atom. The summed E-state index contributed by atoms with van der Waals surface area (Å²) >= 11 is 0. The molecule has 0 bridgehead atoms. The van der Waals surface area contributed by atoms with Crippen molar-refractivity contribution in [2.45, 2.75) is 45.9 Å². The van der Waals surface area contributed by atoms with Gasteiger partial charge < -0.3 is 15.1 Å². The second-order valence-electron chi connectivity index (χ2n) is 7.62. The number of rotatable bonds is 10. The van der Waals surface area contributed by atoms with E-state index in [0.717, 1.165) is 16.1 Å². The molecule has 0 fully saturated rings. The van der Waals surface area contributed by atoms with Gasteiger partial charge in [0.1, 0.15) is 6.61 Å². The molecule has 0 saturated heterocycles. The molecule has 176 valence electrons. The number of fused-ring (bicyclic) bond motifs is 1. The summed E-state index contributed by atoms with van der Waals surface area (Å²) in [6.45, 7) is 4.60. The van der Waals surface area contributed by atoms with Gasteiger partial charge in [-0.05, 0) is 49.9 Å². The summed E-state index contributed by atoms with van der Waals surface area (Å²) in [6, 6.07) is 3.22. The third-order valence-corrected chi connectivity index (χ3v) is 5.28. The zero-order valence-corrected chi connectivity index (χ0v) is 18.7. The van der Waals surface area contributed by atoms with E-state index >= 15 is 0 Å². The van der Waals surface area contributed by atoms with Gasteiger partial charge in [-0.2, -0.15) is 15.2 Å². The number of H-pyrrole nitrogens is 1. The Kier molecular flexibility index (Phi) is 7.74. The molecular weight excluding hydrogens is 430 g/mol. The molecule has 3 aromatic rings. The first-order valence-corrected chi connectivity index (χ1v) is 10.3. The van der Waals surface area contributed by atoms with Gasteiger partial charge in [0, 0.05) is 20.2 Å². The van der Waals surface area contributed by atoms with Gasteiger partial charge in [-0.1, -0.05) is 10.4 Å². The Morgan fingerprint density at radius 3 is 2.70 bits per heavy atom. The number of tetrazole rings is 1. The van der Waals surface area contributed by atoms with E-state index in [0.29, 0.717) is 29.7 Å². The molecule has 14 heteroatoms. The predicted octanol–water partition coefficient (Wildman–Crippen LogP) is 0.0842. The molecule has 0 radical (unpaired) electrons. The number of nitrogens with one attached hydrogen (secondary N) is 1. The maximum Gasteiger partial charge on any atom is 0.280 e. The van der Waals surface area contributed by atoms with E-state index in [-0.39, 0.29) is 31.3 Å². The van der Waals surface area contributed by atoms with Crippen LogP contribution in [-0.2, 0) is 17.9 Å². The summed E-state index contributed by atoms with van der Waals surface area (Å²) in [6.07, 6.45) is 0.708. The summed E-state index contributed by atoms with van der Waals surface area (Å²) in [5.41, 5.74) is 2.87. The number of hydrogen-bond donors (Lipinski definition) is 3. The van der Waals surface area contributed by atoms with Gasteiger partial charge in [0.15, 0.2) is 17.4 Å². The summed E-state index contributed by atoms with van der Waals surface area (Å²) < 4.78 is 7.02. The third kappa shape index (κ3) is 5.53. The van der Waals surface area contributed by atoms with E-state index in [1.54, 1.807) is 4.57 Å². The van der Waals surface area contributed by atoms with Gasteiger partial charge in [-0.25, -0.2) is 10.8 Å². The molecule has 3 rings (SSSR count). The number of aromatic amines is 1. The molecule has 2 heterocycles. The molecule has 0 spiro atoms. The van der Waals surface area contributed by atoms with Crippen LogP contribution in [0.15, 0.2) is 27.2 Å². The van der Waals surface area contributed by atoms with Crippen LogP contribution in [0.1, 0.15) is 35.5 Å². The molecule has 14 nitrogen and oxygen atoms in total. The number of hydrogen-bond acceptors (Lipinski definition) is 11. The van der Waals surface area contributed by atoms with Gasteiger partial charge in [0.05, 0.1) is 17.1 Å². The Labute approximate surface area is 188 Å². The number of nitroso groups, excluding NO2 is 1. The molecule has 33 heavy (non-hydrogen) atoms. The van der Waals surface area contributed by atoms with Crippen molar-refractivity contribution < 1.29 is 4.74 Å². The van der Waals surface area contributed by atoms with Crippen molar-refractivity contribution in [1.29, 1.82) is 0 Å². The lowest BCUT2D eigenvalue weighted by molar-refractivity contribution is 0.108. The average Bonchev–Trinajstić information content (AvgIpc) is 3.30. The molecule has 2 aromatic heterocycles. The summed E-state index contributed by atoms with van der Waals surface area (Å²) in [7, 11) is 1.52. The van der Waals surface area contributed by atoms with E-state index in [4.69, 9.17) is 16.4 Å². The number of benzene rings is 1. The van der Waals surface area contributed by atoms with Crippen LogP contribution in [0, 0.1) is 18.8 Å². The topological polar surface area (TPSA) is 196 Å². The number of ether oxygens (including phenoxy) is 1. The number of aromatic nitrogens is 6. The van der Waals surface area contributed by atoms with E-state index in [1.165, 1.54) is 7.05 Å². The summed E-state index contributed by atoms with van der Waals surface area (Å²) in [5, 5.41) is 21.3. The van der Waals surface area contributed by atoms with Crippen molar-refractivity contribution in [3.8, 4) is 0 Å². The molecule has 1 unspecified atom stereocenters. The monoisotopic (exact) mass is 457 g/mol. The number of nitrogens with zero attached hydrogens (tertiary/aromatic N) is 8. The van der Waals surface area contributed by atoms with Gasteiger partial charge in [0.25, 0.3) is 5.56 Å². The minimum absolute atomic E-state index is 0.0253. The molecule has 0 amide bonds. The second-order valence-corrected chi connectivity index (χ2v) is 7.62. The van der Waals surface area contributed by atoms with Crippen LogP contribution in [0.2, 0.25) is 0 Å². The van der Waals surface area contributed by atoms with Crippen molar-refractivity contribution in [2.75, 3.05) is 13.7 Å². The number of amidine groups is 1. The van der Waals surface area contributed by atoms with Crippen LogP contribution in [0.5, 0.6) is 0 Å². The normalized spacial score (nSPS) is 12.8. The van der Waals surface area contributed by atoms with Gasteiger partial charge in [-0.3, -0.25) is 9.80 Å². The molecule has 0 aliphatic heterocycles. The molecule has 0 aliphatic rings. The highest BCUT2D eigenvalue weighted by Gasteiger charge is 2.20. The fraction of sp³-hybridized carbons (Fsp3) is 0.474. The van der Waals surface area contributed by atoms with Crippen LogP contribution in [-0.4, -0.2) is 60.7 Å². The maximum absolute atomic E-state index is 13.3. The van der Waals surface area contributed by atoms with Crippen LogP contribution >= 0.6 is 0 Å². The number of hydrazine groups is 1. The quantitative estimate of drug-likeness (QED) is 0.0936. The largest absolute Gasteiger partial charge is 0.373 e. The smallest absolute Gasteiger partial charge is 0.280 e. The van der Waals surface area contributed by atoms with Crippen molar-refractivity contribution >= 4 is 16.9 Å². The Bertz CT molecular complexity index is 1190. The Balaban J connectivity index is 1.84. The summed E-state index contributed by atoms with van der Waals surface area (Å²) in [5.74, 6) is 11.7. The first-order chi connectivity index (χ1) is 15.8. The highest BCUT2D eigenvalue weighted by molar-refractivity contribution is 5.97. The number of hydrazone groups is 1. The standard InChI is InChI=1S/C19H27N11O3/c1-11-8-14-15(9-12(11)2)30(19(31)17(22-14)18(23-20)29(3)21)6-4-13(26-32)5-7-33-10-16-24-27-28-25-16/h8-9,13H,4-7,10,20-21H2,1-3H3,(H,24,25,27,28)/b23-18-. The molecule has 0 saturated carbocycles. The van der Waals surface area contributed by atoms with Crippen molar-refractivity contribution in [2.24, 2.45) is 22.0 Å². The zero-order chi connectivity index (χ0) is 24.0. The lowest BCUT2D eigenvalue weighted by atomic mass is 10.1. The minimum Gasteiger partial charge on any atom is -0.373 e. The predicted molar refractivity (Wildman–Crippen MR) is 121 cm³/mol. The lowest BCUT2D eigenvalue weighted by Crippen LogP contribution is -2.41.